The third-order valence-corrected chi connectivity index (χ3v) is 4.43. The molecule has 0 spiro atoms. The van der Waals surface area contributed by atoms with Crippen molar-refractivity contribution in [1.29, 1.82) is 0 Å². The smallest absolute Gasteiger partial charge is 0.302 e. The monoisotopic (exact) mass is 371 g/mol. The topological polar surface area (TPSA) is 93.5 Å². The van der Waals surface area contributed by atoms with Crippen molar-refractivity contribution in [3.8, 4) is 5.75 Å². The van der Waals surface area contributed by atoms with Crippen molar-refractivity contribution < 1.29 is 18.7 Å². The molecule has 2 amide bonds. The number of aromatic nitrogens is 1. The van der Waals surface area contributed by atoms with Crippen LogP contribution in [0.1, 0.15) is 25.7 Å². The SMILES string of the molecule is COc1ccc(CCNC(=O)c2coc(NC(=O)c3cccs3)n2)cc1. The van der Waals surface area contributed by atoms with Crippen LogP contribution in [-0.2, 0) is 6.42 Å². The van der Waals surface area contributed by atoms with Gasteiger partial charge >= 0.3 is 6.01 Å². The largest absolute Gasteiger partial charge is 0.497 e. The fourth-order valence-electron chi connectivity index (χ4n) is 2.21. The molecule has 2 heterocycles. The number of oxazole rings is 1. The summed E-state index contributed by atoms with van der Waals surface area (Å²) in [6, 6.07) is 11.1. The number of thiophene rings is 1. The fraction of sp³-hybridized carbons (Fsp3) is 0.167. The molecule has 0 unspecified atom stereocenters. The van der Waals surface area contributed by atoms with Crippen LogP contribution in [0.15, 0.2) is 52.5 Å². The highest BCUT2D eigenvalue weighted by Gasteiger charge is 2.15. The maximum Gasteiger partial charge on any atom is 0.302 e. The lowest BCUT2D eigenvalue weighted by Gasteiger charge is -2.04. The van der Waals surface area contributed by atoms with Crippen LogP contribution in [0.25, 0.3) is 0 Å². The van der Waals surface area contributed by atoms with Gasteiger partial charge in [0.2, 0.25) is 0 Å². The molecule has 3 rings (SSSR count). The van der Waals surface area contributed by atoms with Crippen molar-refractivity contribution in [1.82, 2.24) is 10.3 Å². The van der Waals surface area contributed by atoms with Gasteiger partial charge < -0.3 is 14.5 Å². The van der Waals surface area contributed by atoms with Gasteiger partial charge in [-0.25, -0.2) is 0 Å². The molecule has 0 atom stereocenters. The number of rotatable bonds is 7. The van der Waals surface area contributed by atoms with Gasteiger partial charge in [0, 0.05) is 6.54 Å². The number of benzene rings is 1. The maximum atomic E-state index is 12.1. The zero-order valence-corrected chi connectivity index (χ0v) is 14.8. The number of anilines is 1. The molecule has 0 saturated carbocycles. The molecule has 0 fully saturated rings. The summed E-state index contributed by atoms with van der Waals surface area (Å²) in [6.07, 6.45) is 1.89. The molecule has 2 aromatic heterocycles. The van der Waals surface area contributed by atoms with Crippen molar-refractivity contribution >= 4 is 29.2 Å². The number of carbonyl (C=O) groups is 2. The van der Waals surface area contributed by atoms with Crippen molar-refractivity contribution in [2.75, 3.05) is 19.0 Å². The Hall–Kier alpha value is -3.13. The first kappa shape index (κ1) is 17.7. The Kier molecular flexibility index (Phi) is 5.65. The third kappa shape index (κ3) is 4.48. The van der Waals surface area contributed by atoms with Crippen LogP contribution in [0.5, 0.6) is 5.75 Å². The number of hydrogen-bond donors (Lipinski definition) is 2. The third-order valence-electron chi connectivity index (χ3n) is 3.56. The van der Waals surface area contributed by atoms with E-state index in [1.807, 2.05) is 24.3 Å². The minimum Gasteiger partial charge on any atom is -0.497 e. The van der Waals surface area contributed by atoms with Gasteiger partial charge in [-0.3, -0.25) is 14.9 Å². The van der Waals surface area contributed by atoms with E-state index in [9.17, 15) is 9.59 Å². The van der Waals surface area contributed by atoms with Crippen molar-refractivity contribution in [3.05, 3.63) is 64.2 Å². The van der Waals surface area contributed by atoms with E-state index in [2.05, 4.69) is 15.6 Å². The predicted molar refractivity (Wildman–Crippen MR) is 97.8 cm³/mol. The Bertz CT molecular complexity index is 872. The quantitative estimate of drug-likeness (QED) is 0.666. The summed E-state index contributed by atoms with van der Waals surface area (Å²) < 4.78 is 10.2. The van der Waals surface area contributed by atoms with E-state index >= 15 is 0 Å². The molecule has 2 N–H and O–H groups in total. The minimum absolute atomic E-state index is 0.0105. The number of carbonyl (C=O) groups excluding carboxylic acids is 2. The van der Waals surface area contributed by atoms with Gasteiger partial charge in [0.1, 0.15) is 12.0 Å². The summed E-state index contributed by atoms with van der Waals surface area (Å²) >= 11 is 1.31. The van der Waals surface area contributed by atoms with Gasteiger partial charge in [0.15, 0.2) is 5.69 Å². The summed E-state index contributed by atoms with van der Waals surface area (Å²) in [5, 5.41) is 7.08. The summed E-state index contributed by atoms with van der Waals surface area (Å²) in [5.41, 5.74) is 1.19. The van der Waals surface area contributed by atoms with E-state index in [0.717, 1.165) is 11.3 Å². The van der Waals surface area contributed by atoms with Gasteiger partial charge in [-0.2, -0.15) is 4.98 Å². The lowest BCUT2D eigenvalue weighted by atomic mass is 10.1. The molecule has 0 aliphatic rings. The van der Waals surface area contributed by atoms with E-state index < -0.39 is 0 Å². The number of ether oxygens (including phenoxy) is 1. The van der Waals surface area contributed by atoms with E-state index in [1.54, 1.807) is 24.6 Å². The highest BCUT2D eigenvalue weighted by atomic mass is 32.1. The molecule has 0 saturated heterocycles. The Morgan fingerprint density at radius 1 is 1.19 bits per heavy atom. The number of nitrogens with one attached hydrogen (secondary N) is 2. The Balaban J connectivity index is 1.49. The summed E-state index contributed by atoms with van der Waals surface area (Å²) in [6.45, 7) is 0.453. The van der Waals surface area contributed by atoms with Crippen LogP contribution in [0.4, 0.5) is 6.01 Å². The van der Waals surface area contributed by atoms with Gasteiger partial charge in [-0.05, 0) is 35.6 Å². The maximum absolute atomic E-state index is 12.1. The predicted octanol–water partition coefficient (Wildman–Crippen LogP) is 2.97. The van der Waals surface area contributed by atoms with Crippen LogP contribution in [-0.4, -0.2) is 30.5 Å². The molecule has 0 aliphatic carbocycles. The average molecular weight is 371 g/mol. The van der Waals surface area contributed by atoms with Gasteiger partial charge in [0.05, 0.1) is 12.0 Å². The van der Waals surface area contributed by atoms with Crippen LogP contribution >= 0.6 is 11.3 Å². The summed E-state index contributed by atoms with van der Waals surface area (Å²) in [7, 11) is 1.62. The number of hydrogen-bond acceptors (Lipinski definition) is 6. The van der Waals surface area contributed by atoms with Crippen molar-refractivity contribution in [2.24, 2.45) is 0 Å². The second-order valence-electron chi connectivity index (χ2n) is 5.32. The molecular weight excluding hydrogens is 354 g/mol. The molecule has 0 bridgehead atoms. The Labute approximate surface area is 154 Å². The molecule has 26 heavy (non-hydrogen) atoms. The van der Waals surface area contributed by atoms with E-state index in [4.69, 9.17) is 9.15 Å². The number of amides is 2. The zero-order valence-electron chi connectivity index (χ0n) is 14.0. The lowest BCUT2D eigenvalue weighted by Crippen LogP contribution is -2.26. The minimum atomic E-state index is -0.362. The van der Waals surface area contributed by atoms with Gasteiger partial charge in [-0.15, -0.1) is 11.3 Å². The van der Waals surface area contributed by atoms with Crippen LogP contribution in [0.3, 0.4) is 0 Å². The molecule has 134 valence electrons. The first-order chi connectivity index (χ1) is 12.7. The van der Waals surface area contributed by atoms with E-state index in [1.165, 1.54) is 17.6 Å². The first-order valence-electron chi connectivity index (χ1n) is 7.87. The highest BCUT2D eigenvalue weighted by molar-refractivity contribution is 7.12. The van der Waals surface area contributed by atoms with Crippen molar-refractivity contribution in [3.63, 3.8) is 0 Å². The normalized spacial score (nSPS) is 10.3. The van der Waals surface area contributed by atoms with Crippen LogP contribution < -0.4 is 15.4 Å². The summed E-state index contributed by atoms with van der Waals surface area (Å²) in [5.74, 6) is 0.102. The van der Waals surface area contributed by atoms with E-state index in [-0.39, 0.29) is 23.5 Å². The fourth-order valence-corrected chi connectivity index (χ4v) is 2.82. The average Bonchev–Trinajstić information content (AvgIpc) is 3.34. The molecule has 1 aromatic carbocycles. The van der Waals surface area contributed by atoms with Crippen LogP contribution in [0.2, 0.25) is 0 Å². The zero-order chi connectivity index (χ0) is 18.4. The van der Waals surface area contributed by atoms with Gasteiger partial charge in [-0.1, -0.05) is 18.2 Å². The highest BCUT2D eigenvalue weighted by Crippen LogP contribution is 2.14. The van der Waals surface area contributed by atoms with Crippen LogP contribution in [0, 0.1) is 0 Å². The molecule has 8 heteroatoms. The summed E-state index contributed by atoms with van der Waals surface area (Å²) in [4.78, 5) is 28.5. The molecule has 7 nitrogen and oxygen atoms in total. The van der Waals surface area contributed by atoms with E-state index in [0.29, 0.717) is 17.8 Å². The van der Waals surface area contributed by atoms with Crippen molar-refractivity contribution in [2.45, 2.75) is 6.42 Å². The Morgan fingerprint density at radius 3 is 2.69 bits per heavy atom. The molecular formula is C18H17N3O4S. The number of nitrogens with zero attached hydrogens (tertiary/aromatic N) is 1. The number of methoxy groups -OCH3 is 1. The molecule has 3 aromatic rings. The Morgan fingerprint density at radius 2 is 2.00 bits per heavy atom. The lowest BCUT2D eigenvalue weighted by molar-refractivity contribution is 0.0948. The second kappa shape index (κ2) is 8.30. The standard InChI is InChI=1S/C18H17N3O4S/c1-24-13-6-4-12(5-7-13)8-9-19-16(22)14-11-25-18(20-14)21-17(23)15-3-2-10-26-15/h2-7,10-11H,8-9H2,1H3,(H,19,22)(H,20,21,23). The molecule has 0 aliphatic heterocycles. The van der Waals surface area contributed by atoms with Gasteiger partial charge in [0.25, 0.3) is 11.8 Å². The first-order valence-corrected chi connectivity index (χ1v) is 8.75. The second-order valence-corrected chi connectivity index (χ2v) is 6.27. The molecule has 0 radical (unpaired) electrons.